The average Bonchev–Trinajstić information content (AvgIpc) is 3.08. The number of pyridine rings is 1. The highest BCUT2D eigenvalue weighted by Crippen LogP contribution is 2.20. The minimum absolute atomic E-state index is 0.138. The van der Waals surface area contributed by atoms with Crippen molar-refractivity contribution in [3.05, 3.63) is 51.3 Å². The van der Waals surface area contributed by atoms with E-state index >= 15 is 0 Å². The van der Waals surface area contributed by atoms with E-state index in [9.17, 15) is 10.1 Å². The predicted molar refractivity (Wildman–Crippen MR) is 108 cm³/mol. The minimum Gasteiger partial charge on any atom is -0.338 e. The van der Waals surface area contributed by atoms with Crippen LogP contribution in [0.2, 0.25) is 0 Å². The quantitative estimate of drug-likeness (QED) is 0.726. The molecular weight excluding hydrogens is 338 g/mol. The number of benzene rings is 1. The van der Waals surface area contributed by atoms with Gasteiger partial charge in [-0.05, 0) is 50.6 Å². The molecule has 0 aliphatic carbocycles. The maximum absolute atomic E-state index is 13.1. The van der Waals surface area contributed by atoms with Crippen molar-refractivity contribution in [3.8, 4) is 6.07 Å². The van der Waals surface area contributed by atoms with E-state index in [1.54, 1.807) is 10.6 Å². The number of aliphatic imine (C=N–C) groups is 1. The number of fused-ring (bicyclic) bond motifs is 3. The Labute approximate surface area is 157 Å². The maximum Gasteiger partial charge on any atom is 0.265 e. The molecule has 0 atom stereocenters. The smallest absolute Gasteiger partial charge is 0.265 e. The van der Waals surface area contributed by atoms with Gasteiger partial charge in [0.25, 0.3) is 5.56 Å². The van der Waals surface area contributed by atoms with E-state index in [1.807, 2.05) is 31.2 Å². The molecule has 2 aromatic heterocycles. The molecule has 1 fully saturated rings. The number of para-hydroxylation sites is 2. The molecule has 1 aliphatic heterocycles. The monoisotopic (exact) mass is 361 g/mol. The van der Waals surface area contributed by atoms with Gasteiger partial charge in [-0.3, -0.25) is 14.2 Å². The van der Waals surface area contributed by atoms with Gasteiger partial charge in [0.1, 0.15) is 11.7 Å². The number of aromatic amines is 1. The molecule has 1 aliphatic rings. The van der Waals surface area contributed by atoms with E-state index in [0.29, 0.717) is 28.9 Å². The van der Waals surface area contributed by atoms with Crippen LogP contribution >= 0.6 is 0 Å². The lowest BCUT2D eigenvalue weighted by Crippen LogP contribution is -2.31. The van der Waals surface area contributed by atoms with Crippen LogP contribution in [0.4, 0.5) is 0 Å². The van der Waals surface area contributed by atoms with Gasteiger partial charge in [0.05, 0.1) is 28.7 Å². The maximum atomic E-state index is 13.1. The molecule has 6 heteroatoms. The highest BCUT2D eigenvalue weighted by Gasteiger charge is 2.17. The van der Waals surface area contributed by atoms with Crippen LogP contribution in [-0.2, 0) is 0 Å². The topological polar surface area (TPSA) is 76.7 Å². The lowest BCUT2D eigenvalue weighted by Gasteiger charge is -2.25. The number of nitrogens with zero attached hydrogens (tertiary/aromatic N) is 4. The van der Waals surface area contributed by atoms with Gasteiger partial charge in [0.2, 0.25) is 0 Å². The summed E-state index contributed by atoms with van der Waals surface area (Å²) in [6, 6.07) is 9.83. The van der Waals surface area contributed by atoms with Gasteiger partial charge in [-0.25, -0.2) is 0 Å². The Morgan fingerprint density at radius 1 is 1.26 bits per heavy atom. The Morgan fingerprint density at radius 3 is 2.81 bits per heavy atom. The van der Waals surface area contributed by atoms with Gasteiger partial charge in [-0.15, -0.1) is 0 Å². The van der Waals surface area contributed by atoms with E-state index in [1.165, 1.54) is 19.3 Å². The third-order valence-corrected chi connectivity index (χ3v) is 5.40. The number of likely N-dealkylation sites (tertiary alicyclic amines) is 1. The van der Waals surface area contributed by atoms with Gasteiger partial charge in [-0.2, -0.15) is 5.26 Å². The van der Waals surface area contributed by atoms with Crippen LogP contribution in [0.3, 0.4) is 0 Å². The number of H-pyrrole nitrogens is 1. The Morgan fingerprint density at radius 2 is 2.04 bits per heavy atom. The van der Waals surface area contributed by atoms with Crippen LogP contribution in [0, 0.1) is 18.3 Å². The fourth-order valence-corrected chi connectivity index (χ4v) is 3.88. The molecule has 0 radical (unpaired) electrons. The molecule has 0 saturated carbocycles. The summed E-state index contributed by atoms with van der Waals surface area (Å²) < 4.78 is 1.59. The van der Waals surface area contributed by atoms with E-state index < -0.39 is 0 Å². The second kappa shape index (κ2) is 7.37. The standard InChI is InChI=1S/C21H23N5O/c1-15-16(13-22)20-24-18-7-3-4-8-19(18)26(20)21(27)17(15)14-23-9-12-25-10-5-2-6-11-25/h3-4,7-8,14,24H,2,5-6,9-12H2,1H3. The number of nitrogens with one attached hydrogen (secondary N) is 1. The number of piperidine rings is 1. The van der Waals surface area contributed by atoms with Crippen molar-refractivity contribution in [3.63, 3.8) is 0 Å². The zero-order valence-corrected chi connectivity index (χ0v) is 15.5. The van der Waals surface area contributed by atoms with E-state index in [-0.39, 0.29) is 5.56 Å². The summed E-state index contributed by atoms with van der Waals surface area (Å²) >= 11 is 0. The molecule has 0 amide bonds. The molecule has 3 heterocycles. The second-order valence-electron chi connectivity index (χ2n) is 7.09. The molecule has 1 N–H and O–H groups in total. The molecule has 1 saturated heterocycles. The SMILES string of the molecule is Cc1c(C=NCCN2CCCCC2)c(=O)n2c([nH]c3ccccc32)c1C#N. The Hall–Kier alpha value is -2.91. The minimum atomic E-state index is -0.138. The molecule has 4 rings (SSSR count). The van der Waals surface area contributed by atoms with Gasteiger partial charge < -0.3 is 9.88 Å². The lowest BCUT2D eigenvalue weighted by molar-refractivity contribution is 0.235. The number of nitriles is 1. The number of aromatic nitrogens is 2. The zero-order valence-electron chi connectivity index (χ0n) is 15.5. The summed E-state index contributed by atoms with van der Waals surface area (Å²) in [5.74, 6) is 0. The molecule has 27 heavy (non-hydrogen) atoms. The van der Waals surface area contributed by atoms with Crippen LogP contribution < -0.4 is 5.56 Å². The Balaban J connectivity index is 1.72. The first-order valence-electron chi connectivity index (χ1n) is 9.49. The first-order valence-corrected chi connectivity index (χ1v) is 9.49. The van der Waals surface area contributed by atoms with Gasteiger partial charge in [0.15, 0.2) is 0 Å². The van der Waals surface area contributed by atoms with Crippen LogP contribution in [0.1, 0.15) is 36.0 Å². The normalized spacial score (nSPS) is 15.7. The summed E-state index contributed by atoms with van der Waals surface area (Å²) in [6.07, 6.45) is 5.48. The van der Waals surface area contributed by atoms with Crippen LogP contribution in [0.15, 0.2) is 34.1 Å². The highest BCUT2D eigenvalue weighted by molar-refractivity contribution is 5.88. The predicted octanol–water partition coefficient (Wildman–Crippen LogP) is 2.87. The Bertz CT molecular complexity index is 1110. The average molecular weight is 361 g/mol. The van der Waals surface area contributed by atoms with Crippen molar-refractivity contribution in [2.75, 3.05) is 26.2 Å². The summed E-state index contributed by atoms with van der Waals surface area (Å²) in [5, 5.41) is 9.66. The van der Waals surface area contributed by atoms with Gasteiger partial charge >= 0.3 is 0 Å². The van der Waals surface area contributed by atoms with Gasteiger partial charge in [0, 0.05) is 12.8 Å². The fourth-order valence-electron chi connectivity index (χ4n) is 3.88. The van der Waals surface area contributed by atoms with Gasteiger partial charge in [-0.1, -0.05) is 18.6 Å². The van der Waals surface area contributed by atoms with Crippen LogP contribution in [0.5, 0.6) is 0 Å². The van der Waals surface area contributed by atoms with Crippen molar-refractivity contribution in [2.45, 2.75) is 26.2 Å². The largest absolute Gasteiger partial charge is 0.338 e. The highest BCUT2D eigenvalue weighted by atomic mass is 16.1. The molecule has 1 aromatic carbocycles. The summed E-state index contributed by atoms with van der Waals surface area (Å²) in [6.45, 7) is 5.67. The Kier molecular flexibility index (Phi) is 4.78. The van der Waals surface area contributed by atoms with Crippen molar-refractivity contribution in [1.29, 1.82) is 5.26 Å². The first-order chi connectivity index (χ1) is 13.2. The fraction of sp³-hybridized carbons (Fsp3) is 0.381. The number of hydrogen-bond donors (Lipinski definition) is 1. The molecule has 0 bridgehead atoms. The molecule has 0 unspecified atom stereocenters. The number of rotatable bonds is 4. The van der Waals surface area contributed by atoms with E-state index in [2.05, 4.69) is 20.9 Å². The summed E-state index contributed by atoms with van der Waals surface area (Å²) in [5.41, 5.74) is 3.68. The summed E-state index contributed by atoms with van der Waals surface area (Å²) in [7, 11) is 0. The van der Waals surface area contributed by atoms with E-state index in [4.69, 9.17) is 0 Å². The third-order valence-electron chi connectivity index (χ3n) is 5.40. The van der Waals surface area contributed by atoms with Crippen LogP contribution in [0.25, 0.3) is 16.7 Å². The van der Waals surface area contributed by atoms with Crippen molar-refractivity contribution < 1.29 is 0 Å². The van der Waals surface area contributed by atoms with Crippen LogP contribution in [-0.4, -0.2) is 46.7 Å². The number of hydrogen-bond acceptors (Lipinski definition) is 4. The molecular formula is C21H23N5O. The molecule has 0 spiro atoms. The van der Waals surface area contributed by atoms with E-state index in [0.717, 1.165) is 30.7 Å². The first kappa shape index (κ1) is 17.5. The van der Waals surface area contributed by atoms with Crippen molar-refractivity contribution in [2.24, 2.45) is 4.99 Å². The molecule has 3 aromatic rings. The van der Waals surface area contributed by atoms with Crippen molar-refractivity contribution >= 4 is 22.9 Å². The third kappa shape index (κ3) is 3.15. The lowest BCUT2D eigenvalue weighted by atomic mass is 10.1. The van der Waals surface area contributed by atoms with Crippen molar-refractivity contribution in [1.82, 2.24) is 14.3 Å². The summed E-state index contributed by atoms with van der Waals surface area (Å²) in [4.78, 5) is 23.3. The molecule has 138 valence electrons. The number of imidazole rings is 1. The molecule has 6 nitrogen and oxygen atoms in total. The zero-order chi connectivity index (χ0) is 18.8. The second-order valence-corrected chi connectivity index (χ2v) is 7.09.